The van der Waals surface area contributed by atoms with Crippen LogP contribution in [-0.2, 0) is 9.59 Å². The van der Waals surface area contributed by atoms with Gasteiger partial charge in [-0.25, -0.2) is 0 Å². The third kappa shape index (κ3) is 3.04. The third-order valence-electron chi connectivity index (χ3n) is 3.22. The molecule has 1 heterocycles. The van der Waals surface area contributed by atoms with Crippen LogP contribution in [0.2, 0.25) is 0 Å². The van der Waals surface area contributed by atoms with Gasteiger partial charge < -0.3 is 10.0 Å². The van der Waals surface area contributed by atoms with Crippen LogP contribution in [0.15, 0.2) is 0 Å². The van der Waals surface area contributed by atoms with E-state index in [1.54, 1.807) is 20.8 Å². The fourth-order valence-corrected chi connectivity index (χ4v) is 2.26. The second-order valence-corrected chi connectivity index (χ2v) is 5.57. The topological polar surface area (TPSA) is 60.9 Å². The number of hydrogen-bond acceptors (Lipinski definition) is 4. The first-order chi connectivity index (χ1) is 7.65. The molecule has 2 amide bonds. The van der Waals surface area contributed by atoms with Crippen molar-refractivity contribution in [3.8, 4) is 0 Å². The number of hydrogen-bond donors (Lipinski definition) is 1. The van der Waals surface area contributed by atoms with Gasteiger partial charge >= 0.3 is 0 Å². The van der Waals surface area contributed by atoms with Gasteiger partial charge in [-0.2, -0.15) is 0 Å². The Hall–Kier alpha value is -0.940. The van der Waals surface area contributed by atoms with E-state index in [4.69, 9.17) is 0 Å². The molecule has 3 atom stereocenters. The predicted molar refractivity (Wildman–Crippen MR) is 64.2 cm³/mol. The number of rotatable bonds is 4. The van der Waals surface area contributed by atoms with Crippen molar-refractivity contribution in [3.05, 3.63) is 0 Å². The maximum Gasteiger partial charge on any atom is 0.232 e. The van der Waals surface area contributed by atoms with Crippen molar-refractivity contribution in [3.63, 3.8) is 0 Å². The summed E-state index contributed by atoms with van der Waals surface area (Å²) in [5.41, 5.74) is -1.07. The molecule has 0 spiro atoms. The van der Waals surface area contributed by atoms with Crippen molar-refractivity contribution in [2.45, 2.75) is 26.4 Å². The fourth-order valence-electron chi connectivity index (χ4n) is 2.26. The zero-order valence-electron chi connectivity index (χ0n) is 11.2. The first kappa shape index (κ1) is 14.1. The highest BCUT2D eigenvalue weighted by atomic mass is 16.3. The smallest absolute Gasteiger partial charge is 0.232 e. The monoisotopic (exact) mass is 242 g/mol. The van der Waals surface area contributed by atoms with E-state index in [1.807, 2.05) is 19.0 Å². The van der Waals surface area contributed by atoms with Crippen molar-refractivity contribution in [2.24, 2.45) is 11.8 Å². The van der Waals surface area contributed by atoms with Crippen LogP contribution >= 0.6 is 0 Å². The lowest BCUT2D eigenvalue weighted by Crippen LogP contribution is -2.49. The van der Waals surface area contributed by atoms with Crippen molar-refractivity contribution in [2.75, 3.05) is 27.2 Å². The van der Waals surface area contributed by atoms with E-state index in [-0.39, 0.29) is 30.2 Å². The Morgan fingerprint density at radius 3 is 2.00 bits per heavy atom. The average molecular weight is 242 g/mol. The Bertz CT molecular complexity index is 306. The molecule has 17 heavy (non-hydrogen) atoms. The molecule has 1 N–H and O–H groups in total. The van der Waals surface area contributed by atoms with Gasteiger partial charge in [-0.05, 0) is 21.0 Å². The summed E-state index contributed by atoms with van der Waals surface area (Å²) in [5, 5.41) is 10.2. The largest absolute Gasteiger partial charge is 0.387 e. The van der Waals surface area contributed by atoms with E-state index in [1.165, 1.54) is 4.90 Å². The molecule has 5 heteroatoms. The molecule has 0 bridgehead atoms. The van der Waals surface area contributed by atoms with Gasteiger partial charge in [0, 0.05) is 18.4 Å². The third-order valence-corrected chi connectivity index (χ3v) is 3.22. The molecule has 1 rings (SSSR count). The van der Waals surface area contributed by atoms with Crippen LogP contribution < -0.4 is 0 Å². The number of aliphatic hydroxyl groups is 1. The molecule has 0 aromatic rings. The highest BCUT2D eigenvalue weighted by Crippen LogP contribution is 2.26. The molecule has 1 fully saturated rings. The van der Waals surface area contributed by atoms with Crippen LogP contribution in [0.3, 0.4) is 0 Å². The molecule has 1 saturated heterocycles. The van der Waals surface area contributed by atoms with E-state index in [0.29, 0.717) is 6.54 Å². The van der Waals surface area contributed by atoms with Crippen molar-refractivity contribution >= 4 is 11.8 Å². The molecule has 0 aromatic carbocycles. The number of nitrogens with zero attached hydrogens (tertiary/aromatic N) is 2. The molecule has 0 radical (unpaired) electrons. The van der Waals surface area contributed by atoms with E-state index in [0.717, 1.165) is 0 Å². The van der Waals surface area contributed by atoms with E-state index < -0.39 is 5.60 Å². The molecule has 0 aliphatic carbocycles. The molecule has 1 aliphatic rings. The Labute approximate surface area is 102 Å². The molecule has 1 aliphatic heterocycles. The first-order valence-electron chi connectivity index (χ1n) is 5.88. The predicted octanol–water partition coefficient (Wildman–Crippen LogP) is -0.0600. The highest BCUT2D eigenvalue weighted by molar-refractivity contribution is 6.04. The Kier molecular flexibility index (Phi) is 3.94. The molecule has 5 nitrogen and oxygen atoms in total. The molecule has 98 valence electrons. The van der Waals surface area contributed by atoms with Gasteiger partial charge in [0.15, 0.2) is 0 Å². The summed E-state index contributed by atoms with van der Waals surface area (Å²) in [6.07, 6.45) is 0. The SMILES string of the molecule is CC1C(=O)N(CC(C)(O)CN(C)C)C(=O)C1C. The number of amides is 2. The van der Waals surface area contributed by atoms with Crippen LogP contribution in [0.4, 0.5) is 0 Å². The zero-order valence-corrected chi connectivity index (χ0v) is 11.2. The van der Waals surface area contributed by atoms with Gasteiger partial charge in [-0.3, -0.25) is 14.5 Å². The number of likely N-dealkylation sites (N-methyl/N-ethyl adjacent to an activating group) is 1. The maximum atomic E-state index is 11.9. The number of likely N-dealkylation sites (tertiary alicyclic amines) is 1. The lowest BCUT2D eigenvalue weighted by Gasteiger charge is -2.30. The maximum absolute atomic E-state index is 11.9. The summed E-state index contributed by atoms with van der Waals surface area (Å²) in [6, 6.07) is 0. The summed E-state index contributed by atoms with van der Waals surface area (Å²) in [6.45, 7) is 5.63. The van der Waals surface area contributed by atoms with Gasteiger partial charge in [0.2, 0.25) is 11.8 Å². The Balaban J connectivity index is 2.75. The molecular weight excluding hydrogens is 220 g/mol. The second-order valence-electron chi connectivity index (χ2n) is 5.57. The zero-order chi connectivity index (χ0) is 13.4. The summed E-state index contributed by atoms with van der Waals surface area (Å²) in [4.78, 5) is 26.8. The number of β-amino-alcohol motifs (C(OH)–C–C–N with tert-alkyl or cyclic N) is 1. The minimum absolute atomic E-state index is 0.0670. The Morgan fingerprint density at radius 2 is 1.65 bits per heavy atom. The Morgan fingerprint density at radius 1 is 1.24 bits per heavy atom. The lowest BCUT2D eigenvalue weighted by molar-refractivity contribution is -0.144. The van der Waals surface area contributed by atoms with Gasteiger partial charge in [0.1, 0.15) is 0 Å². The summed E-state index contributed by atoms with van der Waals surface area (Å²) >= 11 is 0. The minimum atomic E-state index is -1.07. The van der Waals surface area contributed by atoms with Crippen molar-refractivity contribution in [1.82, 2.24) is 9.80 Å². The standard InChI is InChI=1S/C12H22N2O3/c1-8-9(2)11(16)14(10(8)15)7-12(3,17)6-13(4)5/h8-9,17H,6-7H2,1-5H3. The number of carbonyl (C=O) groups is 2. The summed E-state index contributed by atoms with van der Waals surface area (Å²) in [7, 11) is 3.68. The molecular formula is C12H22N2O3. The molecule has 3 unspecified atom stereocenters. The lowest BCUT2D eigenvalue weighted by atomic mass is 10.00. The number of imide groups is 1. The molecule has 0 saturated carbocycles. The van der Waals surface area contributed by atoms with Gasteiger partial charge in [-0.15, -0.1) is 0 Å². The van der Waals surface area contributed by atoms with Gasteiger partial charge in [0.25, 0.3) is 0 Å². The van der Waals surface area contributed by atoms with Gasteiger partial charge in [-0.1, -0.05) is 13.8 Å². The second kappa shape index (κ2) is 4.74. The van der Waals surface area contributed by atoms with Crippen LogP contribution in [0.5, 0.6) is 0 Å². The normalized spacial score (nSPS) is 29.0. The first-order valence-corrected chi connectivity index (χ1v) is 5.88. The summed E-state index contributed by atoms with van der Waals surface area (Å²) < 4.78 is 0. The van der Waals surface area contributed by atoms with Crippen molar-refractivity contribution in [1.29, 1.82) is 0 Å². The highest BCUT2D eigenvalue weighted by Gasteiger charge is 2.44. The minimum Gasteiger partial charge on any atom is -0.387 e. The molecule has 0 aromatic heterocycles. The van der Waals surface area contributed by atoms with Crippen molar-refractivity contribution < 1.29 is 14.7 Å². The van der Waals surface area contributed by atoms with E-state index >= 15 is 0 Å². The van der Waals surface area contributed by atoms with Crippen LogP contribution in [-0.4, -0.2) is 59.5 Å². The summed E-state index contributed by atoms with van der Waals surface area (Å²) in [5.74, 6) is -0.918. The van der Waals surface area contributed by atoms with Crippen LogP contribution in [0.1, 0.15) is 20.8 Å². The fraction of sp³-hybridized carbons (Fsp3) is 0.833. The van der Waals surface area contributed by atoms with Gasteiger partial charge in [0.05, 0.1) is 12.1 Å². The van der Waals surface area contributed by atoms with Crippen LogP contribution in [0.25, 0.3) is 0 Å². The van der Waals surface area contributed by atoms with E-state index in [2.05, 4.69) is 0 Å². The quantitative estimate of drug-likeness (QED) is 0.702. The van der Waals surface area contributed by atoms with E-state index in [9.17, 15) is 14.7 Å². The van der Waals surface area contributed by atoms with Crippen LogP contribution in [0, 0.1) is 11.8 Å². The average Bonchev–Trinajstić information content (AvgIpc) is 2.33. The number of carbonyl (C=O) groups excluding carboxylic acids is 2.